The molecule has 0 N–H and O–H groups in total. The Morgan fingerprint density at radius 3 is 2.27 bits per heavy atom. The van der Waals surface area contributed by atoms with Crippen molar-refractivity contribution in [2.24, 2.45) is 7.05 Å². The second-order valence-corrected chi connectivity index (χ2v) is 12.8. The minimum absolute atomic E-state index is 0. The fraction of sp³-hybridized carbons (Fsp3) is 0.0682. The Balaban J connectivity index is 0.000000173. The normalized spacial score (nSPS) is 11.7. The number of aromatic nitrogens is 5. The molecule has 0 aliphatic rings. The fourth-order valence-corrected chi connectivity index (χ4v) is 7.33. The number of aryl methyl sites for hydroxylation is 3. The van der Waals surface area contributed by atoms with Gasteiger partial charge < -0.3 is 18.5 Å². The van der Waals surface area contributed by atoms with Gasteiger partial charge in [-0.3, -0.25) is 4.40 Å². The van der Waals surface area contributed by atoms with Crippen molar-refractivity contribution in [2.75, 3.05) is 0 Å². The van der Waals surface area contributed by atoms with Crippen LogP contribution in [-0.2, 0) is 27.2 Å². The molecule has 5 aromatic carbocycles. The van der Waals surface area contributed by atoms with Crippen LogP contribution in [0.2, 0.25) is 0 Å². The van der Waals surface area contributed by atoms with Crippen molar-refractivity contribution in [3.8, 4) is 16.9 Å². The summed E-state index contributed by atoms with van der Waals surface area (Å²) in [7, 11) is 2.00. The average molecular weight is 836 g/mol. The molecule has 0 aliphatic heterocycles. The summed E-state index contributed by atoms with van der Waals surface area (Å²) in [6.07, 6.45) is 5.18. The Morgan fingerprint density at radius 2 is 1.45 bits per heavy atom. The third-order valence-corrected chi connectivity index (χ3v) is 9.90. The number of hydrogen-bond acceptors (Lipinski definition) is 3. The van der Waals surface area contributed by atoms with Gasteiger partial charge in [-0.05, 0) is 37.2 Å². The van der Waals surface area contributed by atoms with E-state index in [0.29, 0.717) is 5.71 Å². The van der Waals surface area contributed by atoms with Crippen molar-refractivity contribution < 1.29 is 29.1 Å². The summed E-state index contributed by atoms with van der Waals surface area (Å²) < 4.78 is 12.7. The topological polar surface area (TPSA) is 52.1 Å². The monoisotopic (exact) mass is 836 g/mol. The van der Waals surface area contributed by atoms with Crippen LogP contribution in [0.5, 0.6) is 0 Å². The number of imidazole rings is 1. The maximum Gasteiger partial charge on any atom is 3.00 e. The number of rotatable bonds is 2. The van der Waals surface area contributed by atoms with Crippen LogP contribution in [-0.4, -0.2) is 18.9 Å². The molecule has 11 rings (SSSR count). The second-order valence-electron chi connectivity index (χ2n) is 12.8. The molecule has 6 aromatic heterocycles. The number of fused-ring (bicyclic) bond motifs is 10. The van der Waals surface area contributed by atoms with Crippen molar-refractivity contribution >= 4 is 71.3 Å². The van der Waals surface area contributed by atoms with E-state index < -0.39 is 0 Å². The predicted molar refractivity (Wildman–Crippen MR) is 200 cm³/mol. The van der Waals surface area contributed by atoms with Crippen LogP contribution in [0, 0.1) is 32.3 Å². The Kier molecular flexibility index (Phi) is 7.25. The molecular weight excluding hydrogens is 807 g/mol. The van der Waals surface area contributed by atoms with E-state index in [4.69, 9.17) is 9.40 Å². The van der Waals surface area contributed by atoms with Crippen LogP contribution < -0.4 is 4.57 Å². The summed E-state index contributed by atoms with van der Waals surface area (Å²) in [5, 5.41) is 6.90. The summed E-state index contributed by atoms with van der Waals surface area (Å²) in [5.74, 6) is 0. The Bertz CT molecular complexity index is 3080. The Hall–Kier alpha value is -5.88. The maximum absolute atomic E-state index is 6.42. The number of hydrogen-bond donors (Lipinski definition) is 0. The zero-order valence-corrected chi connectivity index (χ0v) is 30.4. The van der Waals surface area contributed by atoms with Gasteiger partial charge in [-0.2, -0.15) is 35.3 Å². The molecule has 0 unspecified atom stereocenters. The molecule has 7 heteroatoms. The smallest absolute Gasteiger partial charge is 0.486 e. The van der Waals surface area contributed by atoms with Gasteiger partial charge in [0.1, 0.15) is 5.65 Å². The van der Waals surface area contributed by atoms with Gasteiger partial charge in [0.05, 0.1) is 34.7 Å². The predicted octanol–water partition coefficient (Wildman–Crippen LogP) is 9.66. The zero-order valence-electron chi connectivity index (χ0n) is 28.0. The number of nitrogens with zero attached hydrogens (tertiary/aromatic N) is 5. The first-order valence-corrected chi connectivity index (χ1v) is 16.7. The van der Waals surface area contributed by atoms with E-state index >= 15 is 0 Å². The molecule has 0 fully saturated rings. The van der Waals surface area contributed by atoms with Gasteiger partial charge in [0, 0.05) is 33.1 Å². The van der Waals surface area contributed by atoms with Crippen molar-refractivity contribution in [1.82, 2.24) is 18.9 Å². The largest absolute Gasteiger partial charge is 3.00 e. The van der Waals surface area contributed by atoms with Gasteiger partial charge in [0.15, 0.2) is 0 Å². The molecule has 0 saturated carbocycles. The van der Waals surface area contributed by atoms with Gasteiger partial charge in [-0.15, -0.1) is 18.2 Å². The molecule has 0 radical (unpaired) electrons. The van der Waals surface area contributed by atoms with Gasteiger partial charge >= 0.3 is 20.1 Å². The summed E-state index contributed by atoms with van der Waals surface area (Å²) in [6, 6.07) is 46.1. The minimum atomic E-state index is 0. The molecule has 11 aromatic rings. The SMILES string of the molecule is C[n+]1[c-]n(-c2[c-]cccc2)c2ccccc21.Cc1cnc(-c2[c-]ccc3c2oc2nc4c(cc23)c2cccc3c5ccccc5n4c32)cc1C.[Ir+3]. The summed E-state index contributed by atoms with van der Waals surface area (Å²) in [4.78, 5) is 9.74. The molecule has 0 saturated heterocycles. The molecule has 6 heterocycles. The standard InChI is InChI=1S/C30H18N3O.C14H11N2.Ir/c1-16-13-25(31-15-17(16)2)22-11-6-10-21-24-14-23-20-9-5-8-19-18-7-3-4-12-26(18)33(27(19)20)29(23)32-30(24)34-28(21)22;1-15-11-16(12-7-3-2-4-8-12)14-10-6-5-9-13(14)15;/h3-10,12-15H,1-2H3;2-7,9-10H,1H3;/q2*-1;+3. The van der Waals surface area contributed by atoms with E-state index in [2.05, 4.69) is 114 Å². The number of benzene rings is 5. The number of pyridine rings is 2. The van der Waals surface area contributed by atoms with E-state index in [9.17, 15) is 0 Å². The average Bonchev–Trinajstić information content (AvgIpc) is 3.89. The third kappa shape index (κ3) is 4.69. The minimum Gasteiger partial charge on any atom is -0.486 e. The number of para-hydroxylation sites is 5. The maximum atomic E-state index is 6.42. The molecule has 6 nitrogen and oxygen atoms in total. The Labute approximate surface area is 306 Å². The van der Waals surface area contributed by atoms with Crippen molar-refractivity contribution in [1.29, 1.82) is 0 Å². The van der Waals surface area contributed by atoms with Crippen LogP contribution in [0.1, 0.15) is 11.1 Å². The van der Waals surface area contributed by atoms with E-state index in [1.807, 2.05) is 64.8 Å². The summed E-state index contributed by atoms with van der Waals surface area (Å²) >= 11 is 0. The first-order valence-electron chi connectivity index (χ1n) is 16.7. The third-order valence-electron chi connectivity index (χ3n) is 9.90. The molecule has 244 valence electrons. The summed E-state index contributed by atoms with van der Waals surface area (Å²) in [5.41, 5.74) is 12.2. The van der Waals surface area contributed by atoms with Crippen LogP contribution in [0.4, 0.5) is 0 Å². The van der Waals surface area contributed by atoms with Crippen molar-refractivity contribution in [3.05, 3.63) is 151 Å². The van der Waals surface area contributed by atoms with E-state index in [1.54, 1.807) is 0 Å². The van der Waals surface area contributed by atoms with E-state index in [0.717, 1.165) is 49.9 Å². The van der Waals surface area contributed by atoms with Crippen molar-refractivity contribution in [3.63, 3.8) is 0 Å². The quantitative estimate of drug-likeness (QED) is 0.129. The van der Waals surface area contributed by atoms with Crippen LogP contribution in [0.15, 0.2) is 126 Å². The molecule has 0 atom stereocenters. The van der Waals surface area contributed by atoms with Gasteiger partial charge in [-0.1, -0.05) is 88.9 Å². The Morgan fingerprint density at radius 1 is 0.686 bits per heavy atom. The van der Waals surface area contributed by atoms with Crippen LogP contribution in [0.3, 0.4) is 0 Å². The molecule has 0 amide bonds. The van der Waals surface area contributed by atoms with Crippen LogP contribution in [0.25, 0.3) is 88.3 Å². The first-order chi connectivity index (χ1) is 24.5. The molecule has 0 aliphatic carbocycles. The van der Waals surface area contributed by atoms with E-state index in [-0.39, 0.29) is 20.1 Å². The van der Waals surface area contributed by atoms with Gasteiger partial charge in [0.2, 0.25) is 12.0 Å². The van der Waals surface area contributed by atoms with E-state index in [1.165, 1.54) is 43.8 Å². The molecule has 0 spiro atoms. The fourth-order valence-electron chi connectivity index (χ4n) is 7.33. The van der Waals surface area contributed by atoms with Crippen LogP contribution >= 0.6 is 0 Å². The first kappa shape index (κ1) is 31.1. The number of furan rings is 1. The second kappa shape index (κ2) is 11.9. The van der Waals surface area contributed by atoms with Crippen molar-refractivity contribution in [2.45, 2.75) is 13.8 Å². The summed E-state index contributed by atoms with van der Waals surface area (Å²) in [6.45, 7) is 4.17. The molecular formula is C44H29IrN5O+. The zero-order chi connectivity index (χ0) is 33.5. The van der Waals surface area contributed by atoms with Gasteiger partial charge in [0.25, 0.3) is 0 Å². The molecule has 0 bridgehead atoms. The molecule has 51 heavy (non-hydrogen) atoms. The van der Waals surface area contributed by atoms with Gasteiger partial charge in [-0.25, -0.2) is 0 Å².